The van der Waals surface area contributed by atoms with Gasteiger partial charge in [0.25, 0.3) is 0 Å². The second kappa shape index (κ2) is 6.37. The monoisotopic (exact) mass is 355 g/mol. The number of allylic oxidation sites excluding steroid dienone is 1. The van der Waals surface area contributed by atoms with Crippen LogP contribution in [0.1, 0.15) is 19.7 Å². The Bertz CT molecular complexity index is 874. The molecule has 2 aromatic rings. The van der Waals surface area contributed by atoms with Crippen LogP contribution >= 0.6 is 0 Å². The van der Waals surface area contributed by atoms with E-state index >= 15 is 0 Å². The number of carbonyl (C=O) groups is 1. The highest BCUT2D eigenvalue weighted by atomic mass is 16.5. The summed E-state index contributed by atoms with van der Waals surface area (Å²) in [5.41, 5.74) is 0.841. The van der Waals surface area contributed by atoms with Crippen molar-refractivity contribution in [1.29, 1.82) is 0 Å². The molecule has 1 saturated heterocycles. The number of nitrogens with zero attached hydrogens (tertiary/aromatic N) is 5. The Morgan fingerprint density at radius 2 is 2.12 bits per heavy atom. The topological polar surface area (TPSA) is 73.1 Å². The fourth-order valence-corrected chi connectivity index (χ4v) is 4.42. The molecule has 0 unspecified atom stereocenters. The number of carbonyl (C=O) groups excluding carboxylic acids is 1. The van der Waals surface area contributed by atoms with Crippen LogP contribution in [0.15, 0.2) is 18.3 Å². The molecule has 3 heterocycles. The van der Waals surface area contributed by atoms with Crippen LogP contribution in [-0.4, -0.2) is 45.4 Å². The van der Waals surface area contributed by atoms with Gasteiger partial charge >= 0.3 is 5.97 Å². The molecule has 0 N–H and O–H groups in total. The number of rotatable bonds is 3. The summed E-state index contributed by atoms with van der Waals surface area (Å²) in [6.45, 7) is 7.94. The number of aryl methyl sites for hydroxylation is 2. The first kappa shape index (κ1) is 17.0. The van der Waals surface area contributed by atoms with Crippen LogP contribution in [0.5, 0.6) is 0 Å². The van der Waals surface area contributed by atoms with Gasteiger partial charge < -0.3 is 9.64 Å². The van der Waals surface area contributed by atoms with E-state index < -0.39 is 0 Å². The Hall–Kier alpha value is -2.44. The third-order valence-electron chi connectivity index (χ3n) is 5.64. The Labute approximate surface area is 153 Å². The van der Waals surface area contributed by atoms with E-state index in [1.807, 2.05) is 27.1 Å². The minimum Gasteiger partial charge on any atom is -0.466 e. The Kier molecular flexibility index (Phi) is 4.17. The Morgan fingerprint density at radius 3 is 2.88 bits per heavy atom. The number of anilines is 1. The summed E-state index contributed by atoms with van der Waals surface area (Å²) in [4.78, 5) is 24.0. The van der Waals surface area contributed by atoms with Crippen LogP contribution in [0.4, 0.5) is 5.82 Å². The lowest BCUT2D eigenvalue weighted by Gasteiger charge is -2.31. The summed E-state index contributed by atoms with van der Waals surface area (Å²) in [5.74, 6) is 2.25. The molecule has 1 aliphatic heterocycles. The van der Waals surface area contributed by atoms with Gasteiger partial charge in [0.2, 0.25) is 0 Å². The number of aromatic nitrogens is 4. The van der Waals surface area contributed by atoms with E-state index in [1.54, 1.807) is 4.68 Å². The average Bonchev–Trinajstić information content (AvgIpc) is 3.18. The van der Waals surface area contributed by atoms with Crippen molar-refractivity contribution in [2.45, 2.75) is 20.8 Å². The maximum absolute atomic E-state index is 12.6. The van der Waals surface area contributed by atoms with Gasteiger partial charge in [-0.15, -0.1) is 0 Å². The number of hydrogen-bond donors (Lipinski definition) is 0. The molecule has 1 aliphatic carbocycles. The highest BCUT2D eigenvalue weighted by Gasteiger charge is 2.45. The molecule has 4 atom stereocenters. The normalized spacial score (nSPS) is 27.8. The first-order chi connectivity index (χ1) is 12.5. The van der Waals surface area contributed by atoms with Gasteiger partial charge in [0.05, 0.1) is 24.1 Å². The molecule has 7 nitrogen and oxygen atoms in total. The number of esters is 1. The first-order valence-corrected chi connectivity index (χ1v) is 9.25. The summed E-state index contributed by atoms with van der Waals surface area (Å²) >= 11 is 0. The summed E-state index contributed by atoms with van der Waals surface area (Å²) in [6.07, 6.45) is 6.25. The molecule has 0 bridgehead atoms. The Balaban J connectivity index is 1.68. The van der Waals surface area contributed by atoms with E-state index in [0.29, 0.717) is 12.5 Å². The van der Waals surface area contributed by atoms with E-state index in [1.165, 1.54) is 0 Å². The van der Waals surface area contributed by atoms with Gasteiger partial charge in [-0.25, -0.2) is 9.97 Å². The van der Waals surface area contributed by atoms with Crippen molar-refractivity contribution in [2.24, 2.45) is 30.7 Å². The zero-order valence-corrected chi connectivity index (χ0v) is 15.7. The SMILES string of the molecule is CCOC(=O)[C@H]1[C@@H]2CN(c3nc(C)nc4c3cnn4C)C[C@@H]2C=C[C@@H]1C. The summed E-state index contributed by atoms with van der Waals surface area (Å²) in [7, 11) is 1.89. The predicted molar refractivity (Wildman–Crippen MR) is 98.7 cm³/mol. The molecule has 0 amide bonds. The quantitative estimate of drug-likeness (QED) is 0.620. The smallest absolute Gasteiger partial charge is 0.309 e. The van der Waals surface area contributed by atoms with E-state index in [0.717, 1.165) is 35.8 Å². The van der Waals surface area contributed by atoms with Crippen molar-refractivity contribution in [3.05, 3.63) is 24.2 Å². The Morgan fingerprint density at radius 1 is 1.31 bits per heavy atom. The van der Waals surface area contributed by atoms with Gasteiger partial charge in [0, 0.05) is 20.1 Å². The molecule has 2 aliphatic rings. The molecule has 0 aromatic carbocycles. The lowest BCUT2D eigenvalue weighted by atomic mass is 9.72. The third-order valence-corrected chi connectivity index (χ3v) is 5.64. The summed E-state index contributed by atoms with van der Waals surface area (Å²) in [5, 5.41) is 5.30. The lowest BCUT2D eigenvalue weighted by molar-refractivity contribution is -0.151. The van der Waals surface area contributed by atoms with Gasteiger partial charge in [-0.05, 0) is 31.6 Å². The van der Waals surface area contributed by atoms with Crippen LogP contribution in [0, 0.1) is 30.6 Å². The van der Waals surface area contributed by atoms with Crippen LogP contribution in [-0.2, 0) is 16.6 Å². The molecule has 0 radical (unpaired) electrons. The van der Waals surface area contributed by atoms with E-state index in [9.17, 15) is 4.79 Å². The van der Waals surface area contributed by atoms with E-state index in [4.69, 9.17) is 9.72 Å². The highest BCUT2D eigenvalue weighted by Crippen LogP contribution is 2.42. The standard InChI is InChI=1S/C19H25N5O2/c1-5-26-19(25)16-11(2)6-7-13-9-24(10-15(13)16)18-14-8-20-23(4)17(14)21-12(3)22-18/h6-8,11,13,15-16H,5,9-10H2,1-4H3/t11-,13-,15+,16+/m0/s1. The molecule has 1 fully saturated rings. The van der Waals surface area contributed by atoms with Crippen molar-refractivity contribution < 1.29 is 9.53 Å². The lowest BCUT2D eigenvalue weighted by Crippen LogP contribution is -2.37. The van der Waals surface area contributed by atoms with Gasteiger partial charge in [-0.3, -0.25) is 9.48 Å². The van der Waals surface area contributed by atoms with Crippen LogP contribution in [0.25, 0.3) is 11.0 Å². The first-order valence-electron chi connectivity index (χ1n) is 9.25. The van der Waals surface area contributed by atoms with Gasteiger partial charge in [0.1, 0.15) is 11.6 Å². The van der Waals surface area contributed by atoms with E-state index in [-0.39, 0.29) is 23.7 Å². The average molecular weight is 355 g/mol. The van der Waals surface area contributed by atoms with Gasteiger partial charge in [-0.1, -0.05) is 19.1 Å². The second-order valence-corrected chi connectivity index (χ2v) is 7.35. The molecular weight excluding hydrogens is 330 g/mol. The summed E-state index contributed by atoms with van der Waals surface area (Å²) in [6, 6.07) is 0. The largest absolute Gasteiger partial charge is 0.466 e. The van der Waals surface area contributed by atoms with E-state index in [2.05, 4.69) is 34.1 Å². The van der Waals surface area contributed by atoms with Crippen molar-refractivity contribution in [1.82, 2.24) is 19.7 Å². The highest BCUT2D eigenvalue weighted by molar-refractivity contribution is 5.87. The van der Waals surface area contributed by atoms with Crippen LogP contribution in [0.3, 0.4) is 0 Å². The number of fused-ring (bicyclic) bond motifs is 2. The molecule has 7 heteroatoms. The minimum atomic E-state index is -0.0951. The molecule has 138 valence electrons. The molecular formula is C19H25N5O2. The fraction of sp³-hybridized carbons (Fsp3) is 0.579. The maximum atomic E-state index is 12.6. The van der Waals surface area contributed by atoms with Crippen molar-refractivity contribution in [3.8, 4) is 0 Å². The zero-order chi connectivity index (χ0) is 18.4. The zero-order valence-electron chi connectivity index (χ0n) is 15.7. The third kappa shape index (κ3) is 2.66. The molecule has 4 rings (SSSR count). The predicted octanol–water partition coefficient (Wildman–Crippen LogP) is 2.11. The molecule has 2 aromatic heterocycles. The van der Waals surface area contributed by atoms with Crippen LogP contribution < -0.4 is 4.90 Å². The minimum absolute atomic E-state index is 0.0772. The van der Waals surface area contributed by atoms with Crippen molar-refractivity contribution in [2.75, 3.05) is 24.6 Å². The molecule has 0 saturated carbocycles. The van der Waals surface area contributed by atoms with Crippen molar-refractivity contribution in [3.63, 3.8) is 0 Å². The van der Waals surface area contributed by atoms with Crippen LogP contribution in [0.2, 0.25) is 0 Å². The van der Waals surface area contributed by atoms with Gasteiger partial charge in [-0.2, -0.15) is 5.10 Å². The second-order valence-electron chi connectivity index (χ2n) is 7.35. The maximum Gasteiger partial charge on any atom is 0.309 e. The fourth-order valence-electron chi connectivity index (χ4n) is 4.42. The number of ether oxygens (including phenoxy) is 1. The molecule has 0 spiro atoms. The number of hydrogen-bond acceptors (Lipinski definition) is 6. The van der Waals surface area contributed by atoms with Gasteiger partial charge in [0.15, 0.2) is 5.65 Å². The summed E-state index contributed by atoms with van der Waals surface area (Å²) < 4.78 is 7.14. The van der Waals surface area contributed by atoms with Crippen molar-refractivity contribution >= 4 is 22.8 Å². The molecule has 26 heavy (non-hydrogen) atoms.